The van der Waals surface area contributed by atoms with Gasteiger partial charge in [0.1, 0.15) is 6.54 Å². The number of pyridine rings is 1. The molecule has 4 aromatic rings. The van der Waals surface area contributed by atoms with Crippen molar-refractivity contribution in [1.29, 1.82) is 0 Å². The molecule has 1 aromatic carbocycles. The number of rotatable bonds is 7. The number of alkyl halides is 2. The van der Waals surface area contributed by atoms with E-state index in [4.69, 9.17) is 23.2 Å². The van der Waals surface area contributed by atoms with Crippen LogP contribution in [0.1, 0.15) is 53.4 Å². The predicted molar refractivity (Wildman–Crippen MR) is 130 cm³/mol. The lowest BCUT2D eigenvalue weighted by atomic mass is 10.1. The van der Waals surface area contributed by atoms with Gasteiger partial charge in [-0.25, -0.2) is 18.4 Å². The maximum Gasteiger partial charge on any atom is 0.264 e. The number of carbonyl (C=O) groups is 1. The molecule has 7 nitrogen and oxygen atoms in total. The van der Waals surface area contributed by atoms with E-state index in [2.05, 4.69) is 20.5 Å². The largest absolute Gasteiger partial charge is 0.308 e. The van der Waals surface area contributed by atoms with Crippen molar-refractivity contribution in [3.63, 3.8) is 0 Å². The van der Waals surface area contributed by atoms with Crippen molar-refractivity contribution in [2.45, 2.75) is 52.1 Å². The molecular weight excluding hydrogens is 497 g/mol. The molecule has 0 unspecified atom stereocenters. The highest BCUT2D eigenvalue weighted by Crippen LogP contribution is 2.42. The number of nitrogens with zero attached hydrogens (tertiary/aromatic N) is 5. The molecule has 1 fully saturated rings. The van der Waals surface area contributed by atoms with Crippen molar-refractivity contribution in [2.24, 2.45) is 0 Å². The molecule has 0 saturated heterocycles. The molecule has 3 heterocycles. The van der Waals surface area contributed by atoms with Crippen LogP contribution in [0, 0.1) is 13.8 Å². The van der Waals surface area contributed by atoms with Gasteiger partial charge in [-0.15, -0.1) is 0 Å². The first kappa shape index (κ1) is 23.7. The average molecular weight is 519 g/mol. The van der Waals surface area contributed by atoms with Gasteiger partial charge < -0.3 is 5.32 Å². The second-order valence-electron chi connectivity index (χ2n) is 8.78. The predicted octanol–water partition coefficient (Wildman–Crippen LogP) is 6.05. The molecule has 1 saturated carbocycles. The molecule has 35 heavy (non-hydrogen) atoms. The summed E-state index contributed by atoms with van der Waals surface area (Å²) in [5.74, 6) is 0.184. The van der Waals surface area contributed by atoms with Crippen molar-refractivity contribution in [3.8, 4) is 0 Å². The number of carbonyl (C=O) groups excluding carboxylic acids is 1. The molecule has 1 amide bonds. The van der Waals surface area contributed by atoms with Crippen LogP contribution in [0.5, 0.6) is 0 Å². The normalized spacial score (nSPS) is 13.7. The molecule has 3 aromatic heterocycles. The summed E-state index contributed by atoms with van der Waals surface area (Å²) in [6.45, 7) is 3.80. The van der Waals surface area contributed by atoms with Crippen LogP contribution >= 0.6 is 23.2 Å². The van der Waals surface area contributed by atoms with E-state index in [1.807, 2.05) is 13.0 Å². The molecule has 0 spiro atoms. The summed E-state index contributed by atoms with van der Waals surface area (Å²) in [5.41, 5.74) is 3.01. The van der Waals surface area contributed by atoms with Crippen LogP contribution in [0.2, 0.25) is 10.0 Å². The van der Waals surface area contributed by atoms with Crippen molar-refractivity contribution in [3.05, 3.63) is 68.6 Å². The molecule has 1 N–H and O–H groups in total. The van der Waals surface area contributed by atoms with Crippen LogP contribution in [0.4, 0.5) is 14.6 Å². The van der Waals surface area contributed by atoms with Crippen molar-refractivity contribution in [1.82, 2.24) is 24.5 Å². The van der Waals surface area contributed by atoms with E-state index in [0.717, 1.165) is 24.1 Å². The first-order chi connectivity index (χ1) is 16.7. The van der Waals surface area contributed by atoms with E-state index in [1.165, 1.54) is 10.7 Å². The third-order valence-electron chi connectivity index (χ3n) is 6.02. The standard InChI is InChI=1S/C24H22Cl2F2N6O/c1-12-7-20(32-33(12)10-14-3-6-17(25)18(26)8-14)30-21(35)11-34-24-22(13(2)31-34)16(23(27)28)9-19(29-24)15-4-5-15/h3,6-9,15,23H,4-5,10-11H2,1-2H3,(H,30,32,35). The minimum atomic E-state index is -2.65. The average Bonchev–Trinajstić information content (AvgIpc) is 3.53. The Morgan fingerprint density at radius 1 is 1.11 bits per heavy atom. The second-order valence-corrected chi connectivity index (χ2v) is 9.59. The molecule has 0 aliphatic heterocycles. The van der Waals surface area contributed by atoms with Crippen LogP contribution in [0.3, 0.4) is 0 Å². The SMILES string of the molecule is Cc1nn(CC(=O)Nc2cc(C)n(Cc3ccc(Cl)c(Cl)c3)n2)c2nc(C3CC3)cc(C(F)F)c12. The maximum absolute atomic E-state index is 13.8. The first-order valence-electron chi connectivity index (χ1n) is 11.1. The molecule has 1 aliphatic carbocycles. The van der Waals surface area contributed by atoms with E-state index < -0.39 is 6.43 Å². The first-order valence-corrected chi connectivity index (χ1v) is 11.9. The van der Waals surface area contributed by atoms with Crippen molar-refractivity contribution >= 4 is 46.0 Å². The second kappa shape index (κ2) is 9.20. The van der Waals surface area contributed by atoms with Gasteiger partial charge in [0.2, 0.25) is 5.91 Å². The van der Waals surface area contributed by atoms with E-state index in [9.17, 15) is 13.6 Å². The summed E-state index contributed by atoms with van der Waals surface area (Å²) in [5, 5.41) is 12.8. The third kappa shape index (κ3) is 4.88. The Bertz CT molecular complexity index is 1440. The number of aromatic nitrogens is 5. The number of hydrogen-bond acceptors (Lipinski definition) is 4. The Kier molecular flexibility index (Phi) is 6.23. The molecule has 0 atom stereocenters. The number of nitrogens with one attached hydrogen (secondary N) is 1. The lowest BCUT2D eigenvalue weighted by Crippen LogP contribution is -2.20. The number of anilines is 1. The summed E-state index contributed by atoms with van der Waals surface area (Å²) < 4.78 is 30.7. The van der Waals surface area contributed by atoms with Crippen LogP contribution in [0.25, 0.3) is 11.0 Å². The zero-order valence-electron chi connectivity index (χ0n) is 19.0. The van der Waals surface area contributed by atoms with Crippen molar-refractivity contribution < 1.29 is 13.6 Å². The Hall–Kier alpha value is -3.04. The zero-order valence-corrected chi connectivity index (χ0v) is 20.5. The molecule has 5 rings (SSSR count). The number of aryl methyl sites for hydroxylation is 2. The van der Waals surface area contributed by atoms with Gasteiger partial charge in [-0.2, -0.15) is 10.2 Å². The number of halogens is 4. The lowest BCUT2D eigenvalue weighted by Gasteiger charge is -2.08. The fourth-order valence-electron chi connectivity index (χ4n) is 4.14. The van der Waals surface area contributed by atoms with Gasteiger partial charge in [0, 0.05) is 28.9 Å². The third-order valence-corrected chi connectivity index (χ3v) is 6.76. The molecule has 182 valence electrons. The molecule has 1 aliphatic rings. The van der Waals surface area contributed by atoms with Gasteiger partial charge >= 0.3 is 0 Å². The summed E-state index contributed by atoms with van der Waals surface area (Å²) in [6, 6.07) is 8.58. The number of hydrogen-bond donors (Lipinski definition) is 1. The smallest absolute Gasteiger partial charge is 0.264 e. The molecule has 0 bridgehead atoms. The van der Waals surface area contributed by atoms with Crippen LogP contribution in [0.15, 0.2) is 30.3 Å². The Balaban J connectivity index is 1.35. The Morgan fingerprint density at radius 2 is 1.89 bits per heavy atom. The summed E-state index contributed by atoms with van der Waals surface area (Å²) >= 11 is 12.1. The monoisotopic (exact) mass is 518 g/mol. The van der Waals surface area contributed by atoms with Crippen LogP contribution in [-0.2, 0) is 17.9 Å². The summed E-state index contributed by atoms with van der Waals surface area (Å²) in [6.07, 6.45) is -0.788. The fraction of sp³-hybridized carbons (Fsp3) is 0.333. The number of fused-ring (bicyclic) bond motifs is 1. The van der Waals surface area contributed by atoms with E-state index in [1.54, 1.807) is 29.8 Å². The minimum absolute atomic E-state index is 0.0854. The van der Waals surface area contributed by atoms with Gasteiger partial charge in [0.05, 0.1) is 27.7 Å². The van der Waals surface area contributed by atoms with E-state index in [0.29, 0.717) is 44.8 Å². The quantitative estimate of drug-likeness (QED) is 0.322. The van der Waals surface area contributed by atoms with E-state index >= 15 is 0 Å². The van der Waals surface area contributed by atoms with Gasteiger partial charge in [-0.1, -0.05) is 29.3 Å². The molecular formula is C24H22Cl2F2N6O. The van der Waals surface area contributed by atoms with Gasteiger partial charge in [0.15, 0.2) is 11.5 Å². The fourth-order valence-corrected chi connectivity index (χ4v) is 4.46. The van der Waals surface area contributed by atoms with Crippen LogP contribution in [-0.4, -0.2) is 30.5 Å². The van der Waals surface area contributed by atoms with Gasteiger partial charge in [-0.05, 0) is 50.5 Å². The highest BCUT2D eigenvalue weighted by Gasteiger charge is 2.29. The topological polar surface area (TPSA) is 77.6 Å². The van der Waals surface area contributed by atoms with Gasteiger partial charge in [-0.3, -0.25) is 9.48 Å². The summed E-state index contributed by atoms with van der Waals surface area (Å²) in [7, 11) is 0. The Labute approximate surface area is 210 Å². The van der Waals surface area contributed by atoms with Crippen molar-refractivity contribution in [2.75, 3.05) is 5.32 Å². The number of amides is 1. The maximum atomic E-state index is 13.8. The summed E-state index contributed by atoms with van der Waals surface area (Å²) in [4.78, 5) is 17.4. The lowest BCUT2D eigenvalue weighted by molar-refractivity contribution is -0.116. The van der Waals surface area contributed by atoms with E-state index in [-0.39, 0.29) is 23.9 Å². The van der Waals surface area contributed by atoms with Gasteiger partial charge in [0.25, 0.3) is 6.43 Å². The molecule has 0 radical (unpaired) electrons. The number of benzene rings is 1. The Morgan fingerprint density at radius 3 is 2.57 bits per heavy atom. The highest BCUT2D eigenvalue weighted by molar-refractivity contribution is 6.42. The minimum Gasteiger partial charge on any atom is -0.308 e. The highest BCUT2D eigenvalue weighted by atomic mass is 35.5. The molecule has 11 heteroatoms. The zero-order chi connectivity index (χ0) is 24.9. The van der Waals surface area contributed by atoms with Crippen LogP contribution < -0.4 is 5.32 Å².